The Bertz CT molecular complexity index is 536. The van der Waals surface area contributed by atoms with Gasteiger partial charge < -0.3 is 14.4 Å². The van der Waals surface area contributed by atoms with Crippen molar-refractivity contribution in [1.29, 1.82) is 0 Å². The number of rotatable bonds is 1. The van der Waals surface area contributed by atoms with E-state index in [1.165, 1.54) is 7.11 Å². The van der Waals surface area contributed by atoms with Crippen molar-refractivity contribution in [3.8, 4) is 0 Å². The summed E-state index contributed by atoms with van der Waals surface area (Å²) in [7, 11) is 1.18. The summed E-state index contributed by atoms with van der Waals surface area (Å²) in [5, 5.41) is 10.1. The third-order valence-corrected chi connectivity index (χ3v) is 3.02. The van der Waals surface area contributed by atoms with Gasteiger partial charge in [-0.2, -0.15) is 0 Å². The quantitative estimate of drug-likeness (QED) is 0.590. The number of methoxy groups -OCH3 is 1. The van der Waals surface area contributed by atoms with E-state index in [0.29, 0.717) is 5.69 Å². The number of nitrogens with zero attached hydrogens (tertiary/aromatic N) is 1. The maximum absolute atomic E-state index is 12.0. The summed E-state index contributed by atoms with van der Waals surface area (Å²) < 4.78 is 6.16. The van der Waals surface area contributed by atoms with Gasteiger partial charge in [-0.3, -0.25) is 4.79 Å². The molecule has 1 aromatic heterocycles. The summed E-state index contributed by atoms with van der Waals surface area (Å²) in [5.41, 5.74) is -0.757. The highest BCUT2D eigenvalue weighted by Gasteiger charge is 2.41. The number of carbonyl (C=O) groups excluding carboxylic acids is 2. The van der Waals surface area contributed by atoms with Crippen molar-refractivity contribution in [2.45, 2.75) is 19.4 Å². The Labute approximate surface area is 98.3 Å². The number of aliphatic hydroxyl groups is 1. The highest BCUT2D eigenvalue weighted by atomic mass is 16.5. The van der Waals surface area contributed by atoms with Gasteiger partial charge in [0.05, 0.1) is 18.3 Å². The van der Waals surface area contributed by atoms with E-state index in [1.807, 2.05) is 0 Å². The van der Waals surface area contributed by atoms with Crippen molar-refractivity contribution in [2.75, 3.05) is 7.11 Å². The summed E-state index contributed by atoms with van der Waals surface area (Å²) in [6.07, 6.45) is 1.69. The zero-order valence-corrected chi connectivity index (χ0v) is 9.85. The molecule has 0 bridgehead atoms. The number of ketones is 1. The molecule has 2 rings (SSSR count). The molecule has 0 fully saturated rings. The first-order valence-corrected chi connectivity index (χ1v) is 5.15. The van der Waals surface area contributed by atoms with Crippen LogP contribution in [0.4, 0.5) is 0 Å². The van der Waals surface area contributed by atoms with Crippen LogP contribution in [0.15, 0.2) is 29.7 Å². The van der Waals surface area contributed by atoms with Gasteiger partial charge in [0, 0.05) is 6.20 Å². The SMILES string of the molecule is COC(=O)C1=C(O)C(C)(C)n2cccc2C1=O. The van der Waals surface area contributed by atoms with Gasteiger partial charge in [0.15, 0.2) is 0 Å². The first kappa shape index (κ1) is 11.4. The molecule has 1 aromatic rings. The Balaban J connectivity index is 2.69. The molecule has 0 unspecified atom stereocenters. The lowest BCUT2D eigenvalue weighted by atomic mass is 9.90. The molecule has 0 amide bonds. The molecule has 5 heteroatoms. The minimum atomic E-state index is -0.837. The highest BCUT2D eigenvalue weighted by molar-refractivity contribution is 6.24. The van der Waals surface area contributed by atoms with E-state index >= 15 is 0 Å². The maximum atomic E-state index is 12.0. The molecular formula is C12H13NO4. The van der Waals surface area contributed by atoms with Crippen LogP contribution in [-0.2, 0) is 15.1 Å². The normalized spacial score (nSPS) is 17.9. The fraction of sp³-hybridized carbons (Fsp3) is 0.333. The molecule has 5 nitrogen and oxygen atoms in total. The summed E-state index contributed by atoms with van der Waals surface area (Å²) in [6.45, 7) is 3.45. The monoisotopic (exact) mass is 235 g/mol. The van der Waals surface area contributed by atoms with Gasteiger partial charge in [-0.05, 0) is 26.0 Å². The van der Waals surface area contributed by atoms with Gasteiger partial charge in [-0.1, -0.05) is 0 Å². The molecule has 0 radical (unpaired) electrons. The third kappa shape index (κ3) is 1.39. The number of hydrogen-bond donors (Lipinski definition) is 1. The lowest BCUT2D eigenvalue weighted by Gasteiger charge is -2.33. The van der Waals surface area contributed by atoms with Crippen molar-refractivity contribution < 1.29 is 19.4 Å². The molecular weight excluding hydrogens is 222 g/mol. The molecule has 17 heavy (non-hydrogen) atoms. The molecule has 1 aliphatic rings. The molecule has 0 spiro atoms. The Morgan fingerprint density at radius 3 is 2.71 bits per heavy atom. The summed E-state index contributed by atoms with van der Waals surface area (Å²) in [4.78, 5) is 23.6. The molecule has 0 saturated heterocycles. The number of ether oxygens (including phenoxy) is 1. The van der Waals surface area contributed by atoms with Gasteiger partial charge >= 0.3 is 5.97 Å². The summed E-state index contributed by atoms with van der Waals surface area (Å²) in [6, 6.07) is 3.31. The van der Waals surface area contributed by atoms with E-state index in [1.54, 1.807) is 36.7 Å². The Kier molecular flexibility index (Phi) is 2.34. The minimum absolute atomic E-state index is 0.266. The number of Topliss-reactive ketones (excluding diaryl/α,β-unsaturated/α-hetero) is 1. The molecule has 0 atom stereocenters. The van der Waals surface area contributed by atoms with Gasteiger partial charge in [-0.25, -0.2) is 4.79 Å². The van der Waals surface area contributed by atoms with Crippen LogP contribution >= 0.6 is 0 Å². The first-order valence-electron chi connectivity index (χ1n) is 5.15. The zero-order valence-electron chi connectivity index (χ0n) is 9.85. The van der Waals surface area contributed by atoms with E-state index < -0.39 is 17.3 Å². The molecule has 0 saturated carbocycles. The van der Waals surface area contributed by atoms with Gasteiger partial charge in [0.25, 0.3) is 0 Å². The lowest BCUT2D eigenvalue weighted by Crippen LogP contribution is -2.39. The second kappa shape index (κ2) is 3.48. The van der Waals surface area contributed by atoms with Crippen molar-refractivity contribution in [1.82, 2.24) is 4.57 Å². The van der Waals surface area contributed by atoms with Crippen LogP contribution in [0.25, 0.3) is 0 Å². The molecule has 2 heterocycles. The van der Waals surface area contributed by atoms with Crippen LogP contribution in [0.5, 0.6) is 0 Å². The van der Waals surface area contributed by atoms with E-state index in [2.05, 4.69) is 4.74 Å². The second-order valence-corrected chi connectivity index (χ2v) is 4.37. The average Bonchev–Trinajstić information content (AvgIpc) is 2.76. The molecule has 1 N–H and O–H groups in total. The fourth-order valence-corrected chi connectivity index (χ4v) is 2.00. The van der Waals surface area contributed by atoms with Crippen LogP contribution < -0.4 is 0 Å². The Hall–Kier alpha value is -2.04. The van der Waals surface area contributed by atoms with Crippen LogP contribution in [0.3, 0.4) is 0 Å². The average molecular weight is 235 g/mol. The third-order valence-electron chi connectivity index (χ3n) is 3.02. The predicted molar refractivity (Wildman–Crippen MR) is 59.8 cm³/mol. The number of carbonyl (C=O) groups is 2. The predicted octanol–water partition coefficient (Wildman–Crippen LogP) is 1.40. The highest BCUT2D eigenvalue weighted by Crippen LogP contribution is 2.34. The van der Waals surface area contributed by atoms with Crippen LogP contribution in [0.2, 0.25) is 0 Å². The molecule has 90 valence electrons. The van der Waals surface area contributed by atoms with Crippen LogP contribution in [0.1, 0.15) is 24.3 Å². The van der Waals surface area contributed by atoms with Crippen molar-refractivity contribution in [3.05, 3.63) is 35.4 Å². The zero-order chi connectivity index (χ0) is 12.8. The lowest BCUT2D eigenvalue weighted by molar-refractivity contribution is -0.136. The number of fused-ring (bicyclic) bond motifs is 1. The number of aromatic nitrogens is 1. The minimum Gasteiger partial charge on any atom is -0.509 e. The second-order valence-electron chi connectivity index (χ2n) is 4.37. The van der Waals surface area contributed by atoms with Crippen molar-refractivity contribution in [2.24, 2.45) is 0 Å². The maximum Gasteiger partial charge on any atom is 0.345 e. The number of hydrogen-bond acceptors (Lipinski definition) is 4. The fourth-order valence-electron chi connectivity index (χ4n) is 2.00. The van der Waals surface area contributed by atoms with E-state index in [-0.39, 0.29) is 11.3 Å². The van der Waals surface area contributed by atoms with Gasteiger partial charge in [0.1, 0.15) is 11.3 Å². The van der Waals surface area contributed by atoms with Crippen molar-refractivity contribution in [3.63, 3.8) is 0 Å². The van der Waals surface area contributed by atoms with Gasteiger partial charge in [0.2, 0.25) is 5.78 Å². The molecule has 1 aliphatic heterocycles. The summed E-state index contributed by atoms with van der Waals surface area (Å²) >= 11 is 0. The van der Waals surface area contributed by atoms with Crippen LogP contribution in [0, 0.1) is 0 Å². The Morgan fingerprint density at radius 2 is 2.12 bits per heavy atom. The standard InChI is InChI=1S/C12H13NO4/c1-12(2)10(15)8(11(16)17-3)9(14)7-5-4-6-13(7)12/h4-6,15H,1-3H3. The molecule has 0 aliphatic carbocycles. The van der Waals surface area contributed by atoms with Crippen LogP contribution in [-0.4, -0.2) is 28.5 Å². The van der Waals surface area contributed by atoms with E-state index in [9.17, 15) is 14.7 Å². The van der Waals surface area contributed by atoms with E-state index in [0.717, 1.165) is 0 Å². The topological polar surface area (TPSA) is 68.5 Å². The van der Waals surface area contributed by atoms with Crippen molar-refractivity contribution >= 4 is 11.8 Å². The molecule has 0 aromatic carbocycles. The first-order chi connectivity index (χ1) is 7.91. The van der Waals surface area contributed by atoms with Gasteiger partial charge in [-0.15, -0.1) is 0 Å². The largest absolute Gasteiger partial charge is 0.509 e. The number of aliphatic hydroxyl groups excluding tert-OH is 1. The smallest absolute Gasteiger partial charge is 0.345 e. The number of esters is 1. The number of allylic oxidation sites excluding steroid dienone is 1. The summed E-state index contributed by atoms with van der Waals surface area (Å²) in [5.74, 6) is -1.59. The Morgan fingerprint density at radius 1 is 1.47 bits per heavy atom. The van der Waals surface area contributed by atoms with E-state index in [4.69, 9.17) is 0 Å².